The van der Waals surface area contributed by atoms with Crippen molar-refractivity contribution in [1.29, 1.82) is 0 Å². The predicted octanol–water partition coefficient (Wildman–Crippen LogP) is 3.54. The Morgan fingerprint density at radius 3 is 2.56 bits per heavy atom. The summed E-state index contributed by atoms with van der Waals surface area (Å²) in [4.78, 5) is 2.34. The van der Waals surface area contributed by atoms with Crippen molar-refractivity contribution in [2.24, 2.45) is 0 Å². The van der Waals surface area contributed by atoms with E-state index in [1.807, 2.05) is 6.07 Å². The molecule has 0 atom stereocenters. The van der Waals surface area contributed by atoms with Gasteiger partial charge in [0.1, 0.15) is 0 Å². The minimum absolute atomic E-state index is 0.668. The summed E-state index contributed by atoms with van der Waals surface area (Å²) in [6, 6.07) is 10.5. The van der Waals surface area contributed by atoms with Crippen LogP contribution >= 0.6 is 11.6 Å². The number of hydrogen-bond acceptors (Lipinski definition) is 2. The zero-order chi connectivity index (χ0) is 13.1. The van der Waals surface area contributed by atoms with E-state index in [0.717, 1.165) is 39.3 Å². The Balaban J connectivity index is 2.26. The fraction of sp³-hybridized carbons (Fsp3) is 0.600. The van der Waals surface area contributed by atoms with Crippen LogP contribution in [0.15, 0.2) is 30.3 Å². The van der Waals surface area contributed by atoms with E-state index in [4.69, 9.17) is 16.3 Å². The first-order valence-corrected chi connectivity index (χ1v) is 7.30. The third-order valence-corrected chi connectivity index (χ3v) is 3.01. The van der Waals surface area contributed by atoms with E-state index in [0.29, 0.717) is 5.88 Å². The van der Waals surface area contributed by atoms with Crippen molar-refractivity contribution in [2.45, 2.75) is 26.3 Å². The average molecular weight is 270 g/mol. The van der Waals surface area contributed by atoms with Crippen molar-refractivity contribution in [1.82, 2.24) is 4.90 Å². The molecule has 0 radical (unpaired) electrons. The Morgan fingerprint density at radius 1 is 1.11 bits per heavy atom. The van der Waals surface area contributed by atoms with Gasteiger partial charge in [-0.1, -0.05) is 43.7 Å². The highest BCUT2D eigenvalue weighted by Gasteiger charge is 2.04. The van der Waals surface area contributed by atoms with Gasteiger partial charge < -0.3 is 4.74 Å². The van der Waals surface area contributed by atoms with Crippen molar-refractivity contribution in [3.63, 3.8) is 0 Å². The maximum absolute atomic E-state index is 5.84. The molecule has 18 heavy (non-hydrogen) atoms. The van der Waals surface area contributed by atoms with Gasteiger partial charge >= 0.3 is 0 Å². The van der Waals surface area contributed by atoms with Crippen LogP contribution in [0.2, 0.25) is 0 Å². The number of nitrogens with zero attached hydrogens (tertiary/aromatic N) is 1. The molecular weight excluding hydrogens is 246 g/mol. The van der Waals surface area contributed by atoms with Crippen LogP contribution in [0.5, 0.6) is 0 Å². The summed E-state index contributed by atoms with van der Waals surface area (Å²) in [7, 11) is 0. The molecule has 1 rings (SSSR count). The molecule has 0 saturated heterocycles. The number of halogens is 1. The Hall–Kier alpha value is -0.570. The van der Waals surface area contributed by atoms with Crippen LogP contribution in [0.3, 0.4) is 0 Å². The van der Waals surface area contributed by atoms with Gasteiger partial charge in [-0.25, -0.2) is 0 Å². The topological polar surface area (TPSA) is 12.5 Å². The molecule has 0 heterocycles. The summed E-state index contributed by atoms with van der Waals surface area (Å²) in [5.74, 6) is 0.668. The number of ether oxygens (including phenoxy) is 1. The first kappa shape index (κ1) is 15.5. The minimum atomic E-state index is 0.668. The van der Waals surface area contributed by atoms with Crippen molar-refractivity contribution < 1.29 is 4.74 Å². The van der Waals surface area contributed by atoms with Gasteiger partial charge in [-0.05, 0) is 12.0 Å². The number of hydrogen-bond donors (Lipinski definition) is 0. The summed E-state index contributed by atoms with van der Waals surface area (Å²) in [6.45, 7) is 6.66. The third-order valence-electron chi connectivity index (χ3n) is 2.84. The van der Waals surface area contributed by atoms with Gasteiger partial charge in [-0.2, -0.15) is 0 Å². The Kier molecular flexibility index (Phi) is 8.92. The second-order valence-electron chi connectivity index (χ2n) is 4.42. The van der Waals surface area contributed by atoms with E-state index in [1.54, 1.807) is 0 Å². The first-order valence-electron chi connectivity index (χ1n) is 6.76. The van der Waals surface area contributed by atoms with E-state index in [9.17, 15) is 0 Å². The van der Waals surface area contributed by atoms with Gasteiger partial charge in [0.2, 0.25) is 0 Å². The lowest BCUT2D eigenvalue weighted by Crippen LogP contribution is -2.29. The van der Waals surface area contributed by atoms with Gasteiger partial charge in [0.05, 0.1) is 6.61 Å². The Bertz CT molecular complexity index is 292. The van der Waals surface area contributed by atoms with Gasteiger partial charge in [0.15, 0.2) is 0 Å². The Morgan fingerprint density at radius 2 is 1.89 bits per heavy atom. The van der Waals surface area contributed by atoms with Gasteiger partial charge in [-0.15, -0.1) is 11.6 Å². The molecule has 1 aromatic carbocycles. The normalized spacial score (nSPS) is 11.1. The van der Waals surface area contributed by atoms with E-state index in [-0.39, 0.29) is 0 Å². The summed E-state index contributed by atoms with van der Waals surface area (Å²) >= 11 is 5.84. The molecule has 0 aromatic heterocycles. The number of benzene rings is 1. The molecule has 0 bridgehead atoms. The molecule has 0 aliphatic heterocycles. The highest BCUT2D eigenvalue weighted by molar-refractivity contribution is 6.18. The third kappa shape index (κ3) is 7.00. The molecule has 2 nitrogen and oxygen atoms in total. The lowest BCUT2D eigenvalue weighted by molar-refractivity contribution is 0.101. The zero-order valence-electron chi connectivity index (χ0n) is 11.3. The molecule has 0 saturated carbocycles. The van der Waals surface area contributed by atoms with Crippen LogP contribution < -0.4 is 0 Å². The SMILES string of the molecule is CCCCOCCN(CCCl)Cc1ccccc1. The van der Waals surface area contributed by atoms with Gasteiger partial charge in [0, 0.05) is 32.1 Å². The monoisotopic (exact) mass is 269 g/mol. The van der Waals surface area contributed by atoms with Gasteiger partial charge in [0.25, 0.3) is 0 Å². The van der Waals surface area contributed by atoms with Crippen LogP contribution in [0.4, 0.5) is 0 Å². The van der Waals surface area contributed by atoms with Crippen LogP contribution in [-0.4, -0.2) is 37.1 Å². The molecule has 0 spiro atoms. The van der Waals surface area contributed by atoms with Crippen molar-refractivity contribution in [3.8, 4) is 0 Å². The average Bonchev–Trinajstić information content (AvgIpc) is 2.40. The zero-order valence-corrected chi connectivity index (χ0v) is 12.0. The van der Waals surface area contributed by atoms with E-state index in [1.165, 1.54) is 12.0 Å². The van der Waals surface area contributed by atoms with E-state index in [2.05, 4.69) is 36.1 Å². The number of alkyl halides is 1. The molecule has 3 heteroatoms. The van der Waals surface area contributed by atoms with Crippen LogP contribution in [0.1, 0.15) is 25.3 Å². The quantitative estimate of drug-likeness (QED) is 0.476. The second-order valence-corrected chi connectivity index (χ2v) is 4.79. The van der Waals surface area contributed by atoms with E-state index >= 15 is 0 Å². The van der Waals surface area contributed by atoms with Crippen molar-refractivity contribution in [3.05, 3.63) is 35.9 Å². The first-order chi connectivity index (χ1) is 8.86. The second kappa shape index (κ2) is 10.4. The highest BCUT2D eigenvalue weighted by Crippen LogP contribution is 2.04. The summed E-state index contributed by atoms with van der Waals surface area (Å²) in [5.41, 5.74) is 1.33. The lowest BCUT2D eigenvalue weighted by Gasteiger charge is -2.21. The van der Waals surface area contributed by atoms with Crippen LogP contribution in [0, 0.1) is 0 Å². The molecule has 0 unspecified atom stereocenters. The fourth-order valence-corrected chi connectivity index (χ4v) is 2.01. The molecule has 102 valence electrons. The molecule has 0 aliphatic carbocycles. The standard InChI is InChI=1S/C15H24ClNO/c1-2-3-12-18-13-11-17(10-9-16)14-15-7-5-4-6-8-15/h4-8H,2-3,9-14H2,1H3. The molecule has 0 N–H and O–H groups in total. The highest BCUT2D eigenvalue weighted by atomic mass is 35.5. The summed E-state index contributed by atoms with van der Waals surface area (Å²) in [6.07, 6.45) is 2.34. The molecule has 1 aromatic rings. The maximum Gasteiger partial charge on any atom is 0.0593 e. The van der Waals surface area contributed by atoms with Crippen molar-refractivity contribution >= 4 is 11.6 Å². The summed E-state index contributed by atoms with van der Waals surface area (Å²) in [5, 5.41) is 0. The minimum Gasteiger partial charge on any atom is -0.380 e. The number of unbranched alkanes of at least 4 members (excludes halogenated alkanes) is 1. The van der Waals surface area contributed by atoms with E-state index < -0.39 is 0 Å². The smallest absolute Gasteiger partial charge is 0.0593 e. The molecule has 0 aliphatic rings. The molecule has 0 amide bonds. The Labute approximate surface area is 116 Å². The summed E-state index contributed by atoms with van der Waals surface area (Å²) < 4.78 is 5.60. The van der Waals surface area contributed by atoms with Crippen molar-refractivity contribution in [2.75, 3.05) is 32.2 Å². The van der Waals surface area contributed by atoms with Gasteiger partial charge in [-0.3, -0.25) is 4.90 Å². The van der Waals surface area contributed by atoms with Crippen LogP contribution in [-0.2, 0) is 11.3 Å². The molecular formula is C15H24ClNO. The predicted molar refractivity (Wildman–Crippen MR) is 78.2 cm³/mol. The fourth-order valence-electron chi connectivity index (χ4n) is 1.77. The largest absolute Gasteiger partial charge is 0.380 e. The number of rotatable bonds is 10. The maximum atomic E-state index is 5.84. The van der Waals surface area contributed by atoms with Crippen LogP contribution in [0.25, 0.3) is 0 Å². The molecule has 0 fully saturated rings. The lowest BCUT2D eigenvalue weighted by atomic mass is 10.2.